The first-order valence-electron chi connectivity index (χ1n) is 27.7. The first-order chi connectivity index (χ1) is 30.6. The van der Waals surface area contributed by atoms with Gasteiger partial charge in [0.05, 0.1) is 25.4 Å². The zero-order valence-corrected chi connectivity index (χ0v) is 42.3. The molecule has 1 heterocycles. The fraction of sp³-hybridized carbons (Fsp3) is 0.912. The summed E-state index contributed by atoms with van der Waals surface area (Å²) < 4.78 is 24.4. The minimum absolute atomic E-state index is 0.00297. The molecule has 0 N–H and O–H groups in total. The highest BCUT2D eigenvalue weighted by Crippen LogP contribution is 2.67. The minimum Gasteiger partial charge on any atom is -0.462 e. The molecular weight excluding hydrogens is 779 g/mol. The Labute approximate surface area is 389 Å². The Bertz CT molecular complexity index is 1310. The van der Waals surface area contributed by atoms with Gasteiger partial charge < -0.3 is 23.8 Å². The third kappa shape index (κ3) is 17.1. The van der Waals surface area contributed by atoms with E-state index in [-0.39, 0.29) is 31.4 Å². The van der Waals surface area contributed by atoms with Crippen molar-refractivity contribution in [1.82, 2.24) is 4.90 Å². The predicted octanol–water partition coefficient (Wildman–Crippen LogP) is 14.9. The van der Waals surface area contributed by atoms with E-state index in [1.165, 1.54) is 161 Å². The summed E-state index contributed by atoms with van der Waals surface area (Å²) >= 11 is 0. The lowest BCUT2D eigenvalue weighted by Gasteiger charge is -2.58. The third-order valence-corrected chi connectivity index (χ3v) is 17.4. The van der Waals surface area contributed by atoms with Crippen LogP contribution in [-0.2, 0) is 23.7 Å². The van der Waals surface area contributed by atoms with Gasteiger partial charge in [-0.25, -0.2) is 4.79 Å². The van der Waals surface area contributed by atoms with Crippen molar-refractivity contribution < 1.29 is 23.7 Å². The molecule has 0 spiro atoms. The molecule has 0 aromatic rings. The zero-order chi connectivity index (χ0) is 44.8. The van der Waals surface area contributed by atoms with E-state index in [2.05, 4.69) is 64.7 Å². The van der Waals surface area contributed by atoms with Gasteiger partial charge in [-0.15, -0.1) is 0 Å². The summed E-state index contributed by atoms with van der Waals surface area (Å²) in [6.07, 6.45) is 44.2. The van der Waals surface area contributed by atoms with Crippen LogP contribution in [0.5, 0.6) is 0 Å². The second-order valence-corrected chi connectivity index (χ2v) is 22.6. The maximum Gasteiger partial charge on any atom is 0.332 e. The molecule has 3 saturated carbocycles. The summed E-state index contributed by atoms with van der Waals surface area (Å²) in [6.45, 7) is 20.2. The first kappa shape index (κ1) is 52.8. The number of piperidine rings is 1. The molecule has 0 bridgehead atoms. The highest BCUT2D eigenvalue weighted by Gasteiger charge is 2.59. The number of nitrogens with zero attached hydrogens (tertiary/aromatic N) is 1. The van der Waals surface area contributed by atoms with E-state index in [0.29, 0.717) is 24.0 Å². The molecule has 0 aromatic heterocycles. The fourth-order valence-corrected chi connectivity index (χ4v) is 13.6. The number of hydrogen-bond donors (Lipinski definition) is 0. The summed E-state index contributed by atoms with van der Waals surface area (Å²) in [5, 5.41) is 0. The molecule has 63 heavy (non-hydrogen) atoms. The lowest BCUT2D eigenvalue weighted by molar-refractivity contribution is -0.154. The Morgan fingerprint density at radius 1 is 0.778 bits per heavy atom. The van der Waals surface area contributed by atoms with Crippen LogP contribution in [0.2, 0.25) is 0 Å². The van der Waals surface area contributed by atoms with E-state index < -0.39 is 0 Å². The van der Waals surface area contributed by atoms with Crippen molar-refractivity contribution in [3.05, 3.63) is 23.8 Å². The molecule has 5 rings (SSSR count). The van der Waals surface area contributed by atoms with Crippen LogP contribution in [0, 0.1) is 46.3 Å². The number of esters is 1. The van der Waals surface area contributed by atoms with Crippen LogP contribution < -0.4 is 0 Å². The van der Waals surface area contributed by atoms with E-state index in [9.17, 15) is 4.79 Å². The average molecular weight is 880 g/mol. The molecule has 5 aliphatic rings. The standard InChI is InChI=1S/C57H101NO5/c1-7-8-9-10-11-12-13-14-15-16-17-18-19-20-21-25-39-60-44-50(43-58-37-23-22-24-38-58)61-40-41-62-55(59)45-63-49-33-35-56(5)48(42-49)29-30-51-53-32-31-52(47(4)28-26-27-46(2)3)57(53,6)36-34-54(51)56/h14-15,29,46-47,49-54H,7-13,16-28,30-45H2,1-6H3/b15-14-/t47-,49+,50?,51+,52-,53+,54+,56+,57-/m1/s1. The van der Waals surface area contributed by atoms with Gasteiger partial charge in [0.25, 0.3) is 0 Å². The van der Waals surface area contributed by atoms with Crippen LogP contribution in [0.25, 0.3) is 0 Å². The number of hydrogen-bond acceptors (Lipinski definition) is 6. The van der Waals surface area contributed by atoms with Gasteiger partial charge in [-0.3, -0.25) is 0 Å². The number of ether oxygens (including phenoxy) is 4. The fourth-order valence-electron chi connectivity index (χ4n) is 13.6. The largest absolute Gasteiger partial charge is 0.462 e. The summed E-state index contributed by atoms with van der Waals surface area (Å²) in [7, 11) is 0. The molecule has 364 valence electrons. The third-order valence-electron chi connectivity index (χ3n) is 17.4. The number of likely N-dealkylation sites (tertiary alicyclic amines) is 1. The van der Waals surface area contributed by atoms with Gasteiger partial charge in [0.1, 0.15) is 13.2 Å². The molecule has 4 fully saturated rings. The first-order valence-corrected chi connectivity index (χ1v) is 27.7. The average Bonchev–Trinajstić information content (AvgIpc) is 3.64. The molecular formula is C57H101NO5. The Kier molecular flexibility index (Phi) is 24.2. The molecule has 6 nitrogen and oxygen atoms in total. The number of carbonyl (C=O) groups excluding carboxylic acids is 1. The van der Waals surface area contributed by atoms with Gasteiger partial charge in [0.15, 0.2) is 0 Å². The van der Waals surface area contributed by atoms with Crippen molar-refractivity contribution in [2.75, 3.05) is 52.7 Å². The van der Waals surface area contributed by atoms with Crippen LogP contribution >= 0.6 is 0 Å². The van der Waals surface area contributed by atoms with Crippen LogP contribution in [0.3, 0.4) is 0 Å². The molecule has 1 aliphatic heterocycles. The summed E-state index contributed by atoms with van der Waals surface area (Å²) in [5.74, 6) is 4.84. The summed E-state index contributed by atoms with van der Waals surface area (Å²) in [5.41, 5.74) is 2.44. The molecule has 4 aliphatic carbocycles. The maximum absolute atomic E-state index is 12.9. The number of carbonyl (C=O) groups is 1. The van der Waals surface area contributed by atoms with Crippen molar-refractivity contribution in [3.8, 4) is 0 Å². The summed E-state index contributed by atoms with van der Waals surface area (Å²) in [4.78, 5) is 15.4. The number of fused-ring (bicyclic) bond motifs is 5. The van der Waals surface area contributed by atoms with Gasteiger partial charge in [-0.05, 0) is 156 Å². The topological polar surface area (TPSA) is 57.2 Å². The van der Waals surface area contributed by atoms with E-state index in [4.69, 9.17) is 18.9 Å². The van der Waals surface area contributed by atoms with E-state index in [1.807, 2.05) is 0 Å². The van der Waals surface area contributed by atoms with Crippen molar-refractivity contribution in [2.45, 2.75) is 234 Å². The monoisotopic (exact) mass is 880 g/mol. The molecule has 1 unspecified atom stereocenters. The van der Waals surface area contributed by atoms with E-state index >= 15 is 0 Å². The smallest absolute Gasteiger partial charge is 0.332 e. The molecule has 6 heteroatoms. The Morgan fingerprint density at radius 2 is 1.49 bits per heavy atom. The van der Waals surface area contributed by atoms with Crippen LogP contribution in [0.1, 0.15) is 221 Å². The lowest BCUT2D eigenvalue weighted by atomic mass is 9.47. The summed E-state index contributed by atoms with van der Waals surface area (Å²) in [6, 6.07) is 0. The second kappa shape index (κ2) is 28.9. The van der Waals surface area contributed by atoms with E-state index in [1.54, 1.807) is 5.57 Å². The molecule has 0 amide bonds. The van der Waals surface area contributed by atoms with Crippen LogP contribution in [-0.4, -0.2) is 75.7 Å². The van der Waals surface area contributed by atoms with Crippen molar-refractivity contribution in [1.29, 1.82) is 0 Å². The second-order valence-electron chi connectivity index (χ2n) is 22.6. The Hall–Kier alpha value is -1.21. The lowest BCUT2D eigenvalue weighted by Crippen LogP contribution is -2.51. The highest BCUT2D eigenvalue weighted by molar-refractivity contribution is 5.70. The van der Waals surface area contributed by atoms with Crippen molar-refractivity contribution in [3.63, 3.8) is 0 Å². The highest BCUT2D eigenvalue weighted by atomic mass is 16.6. The molecule has 1 saturated heterocycles. The quantitative estimate of drug-likeness (QED) is 0.0381. The van der Waals surface area contributed by atoms with Gasteiger partial charge in [0, 0.05) is 13.2 Å². The van der Waals surface area contributed by atoms with Gasteiger partial charge in [-0.2, -0.15) is 0 Å². The predicted molar refractivity (Wildman–Crippen MR) is 264 cm³/mol. The zero-order valence-electron chi connectivity index (χ0n) is 42.3. The van der Waals surface area contributed by atoms with Gasteiger partial charge >= 0.3 is 5.97 Å². The SMILES string of the molecule is CCCCCCCC/C=C\CCCCCCCCOCC(CN1CCCCC1)OCCOC(=O)CO[C@H]1CC[C@@]2(C)C(=CC[C@H]3[C@@H]4CC[C@H]([C@H](C)CCCC(C)C)[C@@]4(C)CC[C@@H]32)C1. The van der Waals surface area contributed by atoms with Crippen LogP contribution in [0.15, 0.2) is 23.8 Å². The van der Waals surface area contributed by atoms with Crippen molar-refractivity contribution in [2.24, 2.45) is 46.3 Å². The van der Waals surface area contributed by atoms with E-state index in [0.717, 1.165) is 81.0 Å². The molecule has 9 atom stereocenters. The molecule has 0 radical (unpaired) electrons. The minimum atomic E-state index is -0.269. The number of allylic oxidation sites excluding steroid dienone is 3. The van der Waals surface area contributed by atoms with Crippen LogP contribution in [0.4, 0.5) is 0 Å². The number of rotatable bonds is 32. The van der Waals surface area contributed by atoms with Gasteiger partial charge in [0.2, 0.25) is 0 Å². The van der Waals surface area contributed by atoms with Crippen molar-refractivity contribution >= 4 is 5.97 Å². The molecule has 0 aromatic carbocycles. The van der Waals surface area contributed by atoms with Gasteiger partial charge in [-0.1, -0.05) is 149 Å². The number of unbranched alkanes of at least 4 members (excludes halogenated alkanes) is 12. The Balaban J connectivity index is 0.928. The normalized spacial score (nSPS) is 29.6. The Morgan fingerprint density at radius 3 is 2.22 bits per heavy atom. The maximum atomic E-state index is 12.9.